The monoisotopic (exact) mass is 313 g/mol. The molecule has 1 rings (SSSR count). The molecule has 1 aromatic rings. The van der Waals surface area contributed by atoms with E-state index in [2.05, 4.69) is 15.9 Å². The number of hydrogen-bond donors (Lipinski definition) is 1. The van der Waals surface area contributed by atoms with Crippen LogP contribution in [-0.2, 0) is 4.79 Å². The molecule has 0 amide bonds. The number of hydrogen-bond acceptors (Lipinski definition) is 2. The van der Waals surface area contributed by atoms with Crippen LogP contribution in [-0.4, -0.2) is 30.1 Å². The Labute approximate surface area is 117 Å². The fourth-order valence-electron chi connectivity index (χ4n) is 2.32. The molecule has 1 N–H and O–H groups in total. The Bertz CT molecular complexity index is 432. The van der Waals surface area contributed by atoms with Gasteiger partial charge in [0.05, 0.1) is 5.92 Å². The van der Waals surface area contributed by atoms with Crippen LogP contribution in [0.2, 0.25) is 0 Å². The molecule has 18 heavy (non-hydrogen) atoms. The van der Waals surface area contributed by atoms with Gasteiger partial charge in [0, 0.05) is 10.5 Å². The van der Waals surface area contributed by atoms with Crippen LogP contribution in [0.5, 0.6) is 0 Å². The van der Waals surface area contributed by atoms with Crippen molar-refractivity contribution in [1.29, 1.82) is 0 Å². The summed E-state index contributed by atoms with van der Waals surface area (Å²) in [4.78, 5) is 13.4. The molecule has 0 aliphatic heterocycles. The summed E-state index contributed by atoms with van der Waals surface area (Å²) >= 11 is 3.46. The third-order valence-corrected chi connectivity index (χ3v) is 3.75. The standard InChI is InChI=1S/C14H20BrNO2/c1-5-11(14(17)18)13(16(3)4)12-8-10(15)7-6-9(12)2/h6-8,11,13H,5H2,1-4H3,(H,17,18). The first-order valence-corrected chi connectivity index (χ1v) is 6.83. The van der Waals surface area contributed by atoms with Crippen molar-refractivity contribution in [2.45, 2.75) is 26.3 Å². The minimum absolute atomic E-state index is 0.106. The lowest BCUT2D eigenvalue weighted by Gasteiger charge is -2.31. The molecule has 0 heterocycles. The number of carbonyl (C=O) groups is 1. The smallest absolute Gasteiger partial charge is 0.308 e. The molecule has 0 aliphatic rings. The van der Waals surface area contributed by atoms with Crippen LogP contribution in [0.25, 0.3) is 0 Å². The molecular weight excluding hydrogens is 294 g/mol. The molecule has 1 aromatic carbocycles. The highest BCUT2D eigenvalue weighted by atomic mass is 79.9. The van der Waals surface area contributed by atoms with Crippen LogP contribution in [0.3, 0.4) is 0 Å². The average molecular weight is 314 g/mol. The Morgan fingerprint density at radius 2 is 2.06 bits per heavy atom. The average Bonchev–Trinajstić information content (AvgIpc) is 2.28. The van der Waals surface area contributed by atoms with Gasteiger partial charge in [-0.15, -0.1) is 0 Å². The molecule has 2 atom stereocenters. The summed E-state index contributed by atoms with van der Waals surface area (Å²) in [6.07, 6.45) is 0.615. The Balaban J connectivity index is 3.27. The van der Waals surface area contributed by atoms with Crippen molar-refractivity contribution in [3.63, 3.8) is 0 Å². The third-order valence-electron chi connectivity index (χ3n) is 3.25. The van der Waals surface area contributed by atoms with E-state index < -0.39 is 11.9 Å². The van der Waals surface area contributed by atoms with Gasteiger partial charge in [-0.25, -0.2) is 0 Å². The third kappa shape index (κ3) is 3.33. The van der Waals surface area contributed by atoms with Gasteiger partial charge >= 0.3 is 5.97 Å². The predicted molar refractivity (Wildman–Crippen MR) is 76.7 cm³/mol. The van der Waals surface area contributed by atoms with E-state index in [1.165, 1.54) is 0 Å². The summed E-state index contributed by atoms with van der Waals surface area (Å²) in [7, 11) is 3.85. The van der Waals surface area contributed by atoms with Crippen molar-refractivity contribution in [3.05, 3.63) is 33.8 Å². The first kappa shape index (κ1) is 15.2. The molecule has 0 fully saturated rings. The number of aliphatic carboxylic acids is 1. The fraction of sp³-hybridized carbons (Fsp3) is 0.500. The first-order valence-electron chi connectivity index (χ1n) is 6.03. The zero-order chi connectivity index (χ0) is 13.9. The number of benzene rings is 1. The number of carboxylic acid groups (broad SMARTS) is 1. The van der Waals surface area contributed by atoms with E-state index in [1.54, 1.807) is 0 Å². The molecule has 3 nitrogen and oxygen atoms in total. The maximum atomic E-state index is 11.4. The van der Waals surface area contributed by atoms with E-state index in [9.17, 15) is 9.90 Å². The SMILES string of the molecule is CCC(C(=O)O)C(c1cc(Br)ccc1C)N(C)C. The predicted octanol–water partition coefficient (Wildman–Crippen LogP) is 3.47. The quantitative estimate of drug-likeness (QED) is 0.905. The lowest BCUT2D eigenvalue weighted by Crippen LogP contribution is -2.32. The maximum Gasteiger partial charge on any atom is 0.308 e. The lowest BCUT2D eigenvalue weighted by atomic mass is 9.88. The van der Waals surface area contributed by atoms with Crippen LogP contribution in [0, 0.1) is 12.8 Å². The Kier molecular flexibility index (Phi) is 5.35. The second-order valence-electron chi connectivity index (χ2n) is 4.76. The maximum absolute atomic E-state index is 11.4. The molecule has 0 aromatic heterocycles. The molecule has 100 valence electrons. The van der Waals surface area contributed by atoms with E-state index in [-0.39, 0.29) is 6.04 Å². The summed E-state index contributed by atoms with van der Waals surface area (Å²) in [6.45, 7) is 3.94. The van der Waals surface area contributed by atoms with Crippen molar-refractivity contribution < 1.29 is 9.90 Å². The largest absolute Gasteiger partial charge is 0.481 e. The normalized spacial score (nSPS) is 14.6. The van der Waals surface area contributed by atoms with Crippen LogP contribution in [0.15, 0.2) is 22.7 Å². The molecule has 2 unspecified atom stereocenters. The highest BCUT2D eigenvalue weighted by Crippen LogP contribution is 2.33. The van der Waals surface area contributed by atoms with Gasteiger partial charge in [-0.2, -0.15) is 0 Å². The molecule has 0 saturated heterocycles. The van der Waals surface area contributed by atoms with Crippen LogP contribution >= 0.6 is 15.9 Å². The van der Waals surface area contributed by atoms with Gasteiger partial charge in [-0.1, -0.05) is 28.9 Å². The highest BCUT2D eigenvalue weighted by molar-refractivity contribution is 9.10. The van der Waals surface area contributed by atoms with E-state index in [0.29, 0.717) is 6.42 Å². The van der Waals surface area contributed by atoms with E-state index >= 15 is 0 Å². The van der Waals surface area contributed by atoms with Gasteiger partial charge in [-0.05, 0) is 50.7 Å². The molecule has 0 spiro atoms. The number of aryl methyl sites for hydroxylation is 1. The molecule has 0 bridgehead atoms. The minimum Gasteiger partial charge on any atom is -0.481 e. The molecular formula is C14H20BrNO2. The lowest BCUT2D eigenvalue weighted by molar-refractivity contribution is -0.144. The van der Waals surface area contributed by atoms with Crippen molar-refractivity contribution in [3.8, 4) is 0 Å². The van der Waals surface area contributed by atoms with Gasteiger partial charge in [0.25, 0.3) is 0 Å². The second kappa shape index (κ2) is 6.34. The topological polar surface area (TPSA) is 40.5 Å². The van der Waals surface area contributed by atoms with Gasteiger partial charge in [0.2, 0.25) is 0 Å². The molecule has 4 heteroatoms. The van der Waals surface area contributed by atoms with Crippen molar-refractivity contribution in [2.75, 3.05) is 14.1 Å². The van der Waals surface area contributed by atoms with E-state index in [1.807, 2.05) is 51.0 Å². The van der Waals surface area contributed by atoms with Gasteiger partial charge in [0.1, 0.15) is 0 Å². The summed E-state index contributed by atoms with van der Waals surface area (Å²) in [5, 5.41) is 9.38. The van der Waals surface area contributed by atoms with Gasteiger partial charge in [-0.3, -0.25) is 4.79 Å². The molecule has 0 saturated carbocycles. The van der Waals surface area contributed by atoms with Crippen LogP contribution < -0.4 is 0 Å². The van der Waals surface area contributed by atoms with Gasteiger partial charge in [0.15, 0.2) is 0 Å². The Morgan fingerprint density at radius 1 is 1.44 bits per heavy atom. The Morgan fingerprint density at radius 3 is 2.50 bits per heavy atom. The van der Waals surface area contributed by atoms with Crippen molar-refractivity contribution in [2.24, 2.45) is 5.92 Å². The van der Waals surface area contributed by atoms with Crippen LogP contribution in [0.1, 0.15) is 30.5 Å². The molecule has 0 aliphatic carbocycles. The van der Waals surface area contributed by atoms with Crippen molar-refractivity contribution in [1.82, 2.24) is 4.90 Å². The molecule has 0 radical (unpaired) electrons. The number of rotatable bonds is 5. The number of nitrogens with zero attached hydrogens (tertiary/aromatic N) is 1. The van der Waals surface area contributed by atoms with Crippen molar-refractivity contribution >= 4 is 21.9 Å². The second-order valence-corrected chi connectivity index (χ2v) is 5.68. The minimum atomic E-state index is -0.740. The van der Waals surface area contributed by atoms with E-state index in [0.717, 1.165) is 15.6 Å². The Hall–Kier alpha value is -0.870. The van der Waals surface area contributed by atoms with E-state index in [4.69, 9.17) is 0 Å². The summed E-state index contributed by atoms with van der Waals surface area (Å²) < 4.78 is 0.982. The zero-order valence-corrected chi connectivity index (χ0v) is 12.9. The number of halogens is 1. The highest BCUT2D eigenvalue weighted by Gasteiger charge is 2.30. The first-order chi connectivity index (χ1) is 8.38. The summed E-state index contributed by atoms with van der Waals surface area (Å²) in [6, 6.07) is 5.91. The zero-order valence-electron chi connectivity index (χ0n) is 11.3. The number of carboxylic acids is 1. The fourth-order valence-corrected chi connectivity index (χ4v) is 2.70. The van der Waals surface area contributed by atoms with Gasteiger partial charge < -0.3 is 10.0 Å². The summed E-state index contributed by atoms with van der Waals surface area (Å²) in [5.41, 5.74) is 2.19. The van der Waals surface area contributed by atoms with Crippen LogP contribution in [0.4, 0.5) is 0 Å². The summed E-state index contributed by atoms with van der Waals surface area (Å²) in [5.74, 6) is -1.14.